The van der Waals surface area contributed by atoms with E-state index in [-0.39, 0.29) is 6.10 Å². The zero-order valence-corrected chi connectivity index (χ0v) is 9.87. The van der Waals surface area contributed by atoms with Crippen molar-refractivity contribution in [3.05, 3.63) is 35.9 Å². The Morgan fingerprint density at radius 2 is 2.18 bits per heavy atom. The van der Waals surface area contributed by atoms with Crippen molar-refractivity contribution in [1.29, 1.82) is 0 Å². The largest absolute Gasteiger partial charge is 0.459 e. The summed E-state index contributed by atoms with van der Waals surface area (Å²) in [5.74, 6) is -0.559. The van der Waals surface area contributed by atoms with Gasteiger partial charge in [-0.25, -0.2) is 4.79 Å². The summed E-state index contributed by atoms with van der Waals surface area (Å²) in [6.07, 6.45) is -0.433. The summed E-state index contributed by atoms with van der Waals surface area (Å²) < 4.78 is 5.27. The van der Waals surface area contributed by atoms with Gasteiger partial charge in [0.15, 0.2) is 6.10 Å². The molecule has 4 heteroatoms. The van der Waals surface area contributed by atoms with E-state index in [9.17, 15) is 9.90 Å². The molecule has 1 aromatic rings. The number of esters is 1. The minimum atomic E-state index is -1.18. The molecule has 0 saturated carbocycles. The molecule has 1 fully saturated rings. The van der Waals surface area contributed by atoms with Crippen LogP contribution in [0.5, 0.6) is 0 Å². The van der Waals surface area contributed by atoms with Gasteiger partial charge in [-0.1, -0.05) is 30.3 Å². The third-order valence-corrected chi connectivity index (χ3v) is 2.97. The minimum absolute atomic E-state index is 0.0918. The van der Waals surface area contributed by atoms with Crippen LogP contribution in [0.15, 0.2) is 30.3 Å². The number of carbonyl (C=O) groups excluding carboxylic acids is 1. The monoisotopic (exact) mass is 235 g/mol. The molecule has 0 radical (unpaired) electrons. The summed E-state index contributed by atoms with van der Waals surface area (Å²) in [5, 5.41) is 9.83. The van der Waals surface area contributed by atoms with Crippen LogP contribution in [0.4, 0.5) is 0 Å². The number of likely N-dealkylation sites (tertiary alicyclic amines) is 1. The van der Waals surface area contributed by atoms with Crippen molar-refractivity contribution in [3.8, 4) is 0 Å². The third kappa shape index (κ3) is 3.05. The van der Waals surface area contributed by atoms with Crippen molar-refractivity contribution in [2.75, 3.05) is 20.1 Å². The maximum absolute atomic E-state index is 11.7. The number of benzene rings is 1. The maximum atomic E-state index is 11.7. The van der Waals surface area contributed by atoms with Crippen LogP contribution >= 0.6 is 0 Å². The van der Waals surface area contributed by atoms with Crippen molar-refractivity contribution in [2.24, 2.45) is 0 Å². The van der Waals surface area contributed by atoms with Crippen LogP contribution in [0.25, 0.3) is 0 Å². The number of hydrogen-bond acceptors (Lipinski definition) is 4. The Balaban J connectivity index is 1.92. The van der Waals surface area contributed by atoms with Crippen molar-refractivity contribution in [3.63, 3.8) is 0 Å². The first-order chi connectivity index (χ1) is 8.16. The fourth-order valence-electron chi connectivity index (χ4n) is 1.99. The first-order valence-electron chi connectivity index (χ1n) is 5.79. The summed E-state index contributed by atoms with van der Waals surface area (Å²) in [6, 6.07) is 8.84. The number of hydrogen-bond donors (Lipinski definition) is 1. The molecule has 17 heavy (non-hydrogen) atoms. The summed E-state index contributed by atoms with van der Waals surface area (Å²) in [4.78, 5) is 13.8. The quantitative estimate of drug-likeness (QED) is 0.793. The number of rotatable bonds is 3. The third-order valence-electron chi connectivity index (χ3n) is 2.97. The van der Waals surface area contributed by atoms with Crippen LogP contribution in [0.2, 0.25) is 0 Å². The van der Waals surface area contributed by atoms with E-state index in [0.29, 0.717) is 5.56 Å². The molecular formula is C13H17NO3. The van der Waals surface area contributed by atoms with Gasteiger partial charge in [0.05, 0.1) is 0 Å². The zero-order chi connectivity index (χ0) is 12.3. The number of aliphatic hydroxyl groups is 1. The number of carbonyl (C=O) groups is 1. The lowest BCUT2D eigenvalue weighted by Gasteiger charge is -2.15. The molecule has 0 spiro atoms. The van der Waals surface area contributed by atoms with E-state index < -0.39 is 12.1 Å². The van der Waals surface area contributed by atoms with Gasteiger partial charge in [0.25, 0.3) is 0 Å². The molecule has 1 aromatic carbocycles. The maximum Gasteiger partial charge on any atom is 0.339 e. The van der Waals surface area contributed by atoms with Crippen LogP contribution in [-0.2, 0) is 9.53 Å². The van der Waals surface area contributed by atoms with Crippen molar-refractivity contribution < 1.29 is 14.6 Å². The lowest BCUT2D eigenvalue weighted by atomic mass is 10.1. The lowest BCUT2D eigenvalue weighted by Crippen LogP contribution is -2.25. The predicted molar refractivity (Wildman–Crippen MR) is 63.4 cm³/mol. The first-order valence-corrected chi connectivity index (χ1v) is 5.79. The molecule has 2 rings (SSSR count). The highest BCUT2D eigenvalue weighted by molar-refractivity contribution is 5.76. The Labute approximate surface area is 101 Å². The Morgan fingerprint density at radius 3 is 2.76 bits per heavy atom. The van der Waals surface area contributed by atoms with Crippen molar-refractivity contribution >= 4 is 5.97 Å². The minimum Gasteiger partial charge on any atom is -0.459 e. The molecule has 0 bridgehead atoms. The van der Waals surface area contributed by atoms with Gasteiger partial charge in [-0.2, -0.15) is 0 Å². The van der Waals surface area contributed by atoms with Crippen LogP contribution in [0.3, 0.4) is 0 Å². The number of likely N-dealkylation sites (N-methyl/N-ethyl adjacent to an activating group) is 1. The summed E-state index contributed by atoms with van der Waals surface area (Å²) in [7, 11) is 1.99. The van der Waals surface area contributed by atoms with Gasteiger partial charge in [0.1, 0.15) is 6.10 Å². The Hall–Kier alpha value is -1.39. The average Bonchev–Trinajstić information content (AvgIpc) is 2.75. The van der Waals surface area contributed by atoms with E-state index in [4.69, 9.17) is 4.74 Å². The van der Waals surface area contributed by atoms with E-state index in [1.165, 1.54) is 0 Å². The fourth-order valence-corrected chi connectivity index (χ4v) is 1.99. The highest BCUT2D eigenvalue weighted by Crippen LogP contribution is 2.17. The van der Waals surface area contributed by atoms with Gasteiger partial charge in [-0.05, 0) is 19.0 Å². The van der Waals surface area contributed by atoms with Crippen molar-refractivity contribution in [1.82, 2.24) is 4.90 Å². The highest BCUT2D eigenvalue weighted by atomic mass is 16.6. The van der Waals surface area contributed by atoms with Gasteiger partial charge < -0.3 is 14.7 Å². The number of ether oxygens (including phenoxy) is 1. The van der Waals surface area contributed by atoms with Gasteiger partial charge in [-0.15, -0.1) is 0 Å². The van der Waals surface area contributed by atoms with Crippen LogP contribution < -0.4 is 0 Å². The molecule has 0 amide bonds. The topological polar surface area (TPSA) is 49.8 Å². The molecule has 1 aliphatic rings. The number of nitrogens with zero attached hydrogens (tertiary/aromatic N) is 1. The Kier molecular flexibility index (Phi) is 3.76. The molecule has 0 unspecified atom stereocenters. The predicted octanol–water partition coefficient (Wildman–Crippen LogP) is 0.967. The smallest absolute Gasteiger partial charge is 0.339 e. The van der Waals surface area contributed by atoms with Gasteiger partial charge in [-0.3, -0.25) is 0 Å². The molecule has 0 aliphatic carbocycles. The second kappa shape index (κ2) is 5.29. The molecule has 1 N–H and O–H groups in total. The molecule has 4 nitrogen and oxygen atoms in total. The second-order valence-electron chi connectivity index (χ2n) is 4.42. The van der Waals surface area contributed by atoms with E-state index in [0.717, 1.165) is 19.5 Å². The van der Waals surface area contributed by atoms with E-state index in [1.807, 2.05) is 13.1 Å². The van der Waals surface area contributed by atoms with Crippen molar-refractivity contribution in [2.45, 2.75) is 18.6 Å². The second-order valence-corrected chi connectivity index (χ2v) is 4.42. The van der Waals surface area contributed by atoms with E-state index in [1.54, 1.807) is 24.3 Å². The summed E-state index contributed by atoms with van der Waals surface area (Å²) in [5.41, 5.74) is 0.573. The van der Waals surface area contributed by atoms with Crippen LogP contribution in [-0.4, -0.2) is 42.2 Å². The number of aliphatic hydroxyl groups excluding tert-OH is 1. The van der Waals surface area contributed by atoms with Gasteiger partial charge in [0.2, 0.25) is 0 Å². The van der Waals surface area contributed by atoms with Gasteiger partial charge >= 0.3 is 5.97 Å². The SMILES string of the molecule is CN1CC[C@@H](OC(=O)[C@H](O)c2ccccc2)C1. The molecule has 0 aromatic heterocycles. The summed E-state index contributed by atoms with van der Waals surface area (Å²) in [6.45, 7) is 1.67. The van der Waals surface area contributed by atoms with Gasteiger partial charge in [0, 0.05) is 13.1 Å². The molecule has 1 saturated heterocycles. The fraction of sp³-hybridized carbons (Fsp3) is 0.462. The standard InChI is InChI=1S/C13H17NO3/c1-14-8-7-11(9-14)17-13(16)12(15)10-5-3-2-4-6-10/h2-6,11-12,15H,7-9H2,1H3/t11-,12-/m1/s1. The molecule has 2 atom stereocenters. The first kappa shape index (κ1) is 12.1. The average molecular weight is 235 g/mol. The summed E-state index contributed by atoms with van der Waals surface area (Å²) >= 11 is 0. The molecule has 1 heterocycles. The zero-order valence-electron chi connectivity index (χ0n) is 9.87. The molecule has 1 aliphatic heterocycles. The van der Waals surface area contributed by atoms with E-state index >= 15 is 0 Å². The van der Waals surface area contributed by atoms with Crippen LogP contribution in [0.1, 0.15) is 18.1 Å². The highest BCUT2D eigenvalue weighted by Gasteiger charge is 2.26. The Bertz CT molecular complexity index is 380. The Morgan fingerprint density at radius 1 is 1.47 bits per heavy atom. The van der Waals surface area contributed by atoms with E-state index in [2.05, 4.69) is 4.90 Å². The molecular weight excluding hydrogens is 218 g/mol. The van der Waals surface area contributed by atoms with Crippen LogP contribution in [0, 0.1) is 0 Å². The molecule has 92 valence electrons. The lowest BCUT2D eigenvalue weighted by molar-refractivity contribution is -0.158. The normalized spacial score (nSPS) is 22.4.